The molecular weight excluding hydrogens is 283 g/mol. The summed E-state index contributed by atoms with van der Waals surface area (Å²) < 4.78 is 0. The Morgan fingerprint density at radius 1 is 0.636 bits per heavy atom. The molecule has 2 unspecified atom stereocenters. The second-order valence-electron chi connectivity index (χ2n) is 7.46. The summed E-state index contributed by atoms with van der Waals surface area (Å²) in [6, 6.07) is 0. The van der Waals surface area contributed by atoms with Gasteiger partial charge in [0.2, 0.25) is 0 Å². The highest BCUT2D eigenvalue weighted by Gasteiger charge is 2.31. The molecule has 0 aliphatic rings. The highest BCUT2D eigenvalue weighted by Crippen LogP contribution is 2.43. The molecule has 0 aromatic heterocycles. The van der Waals surface area contributed by atoms with Crippen molar-refractivity contribution >= 4 is 9.24 Å². The lowest BCUT2D eigenvalue weighted by Crippen LogP contribution is -2.31. The summed E-state index contributed by atoms with van der Waals surface area (Å²) >= 11 is 0. The van der Waals surface area contributed by atoms with Crippen molar-refractivity contribution in [3.05, 3.63) is 0 Å². The Bertz CT molecular complexity index is 212. The minimum absolute atomic E-state index is 0.532. The van der Waals surface area contributed by atoms with Crippen LogP contribution in [0, 0.1) is 5.92 Å². The van der Waals surface area contributed by atoms with E-state index < -0.39 is 0 Å². The van der Waals surface area contributed by atoms with E-state index in [2.05, 4.69) is 36.9 Å². The van der Waals surface area contributed by atoms with Gasteiger partial charge in [-0.3, -0.25) is 0 Å². The minimum Gasteiger partial charge on any atom is -0.131 e. The van der Waals surface area contributed by atoms with Crippen LogP contribution in [-0.2, 0) is 0 Å². The third-order valence-electron chi connectivity index (χ3n) is 5.45. The summed E-state index contributed by atoms with van der Waals surface area (Å²) in [6.45, 7) is 9.38. The van der Waals surface area contributed by atoms with Gasteiger partial charge >= 0.3 is 0 Å². The number of hydrogen-bond donors (Lipinski definition) is 0. The molecule has 0 aromatic carbocycles. The first-order chi connectivity index (χ1) is 10.6. The first-order valence-corrected chi connectivity index (χ1v) is 11.0. The lowest BCUT2D eigenvalue weighted by atomic mass is 9.78. The maximum absolute atomic E-state index is 3.36. The Labute approximate surface area is 144 Å². The number of hydrogen-bond acceptors (Lipinski definition) is 0. The van der Waals surface area contributed by atoms with E-state index in [1.807, 2.05) is 0 Å². The van der Waals surface area contributed by atoms with Crippen LogP contribution in [0.2, 0.25) is 0 Å². The number of rotatable bonds is 16. The van der Waals surface area contributed by atoms with Crippen LogP contribution in [0.25, 0.3) is 0 Å². The van der Waals surface area contributed by atoms with Gasteiger partial charge in [0.05, 0.1) is 0 Å². The molecule has 22 heavy (non-hydrogen) atoms. The highest BCUT2D eigenvalue weighted by molar-refractivity contribution is 7.19. The van der Waals surface area contributed by atoms with Crippen molar-refractivity contribution in [2.24, 2.45) is 5.92 Å². The highest BCUT2D eigenvalue weighted by atomic mass is 31.0. The molecule has 0 N–H and O–H groups in total. The van der Waals surface area contributed by atoms with Crippen molar-refractivity contribution < 1.29 is 0 Å². The standard InChI is InChI=1S/C21H45P/c1-5-9-12-15-18-21(22,19-16-13-10-6-2)20(8-4)17-14-11-7-3/h20H,5-19,22H2,1-4H3. The molecule has 1 heteroatoms. The van der Waals surface area contributed by atoms with Crippen LogP contribution >= 0.6 is 9.24 Å². The van der Waals surface area contributed by atoms with Gasteiger partial charge in [0.1, 0.15) is 0 Å². The van der Waals surface area contributed by atoms with Gasteiger partial charge in [-0.05, 0) is 30.3 Å². The van der Waals surface area contributed by atoms with Crippen LogP contribution in [0.3, 0.4) is 0 Å². The third-order valence-corrected chi connectivity index (χ3v) is 6.50. The van der Waals surface area contributed by atoms with Crippen molar-refractivity contribution in [2.75, 3.05) is 0 Å². The van der Waals surface area contributed by atoms with E-state index in [-0.39, 0.29) is 0 Å². The second-order valence-corrected chi connectivity index (χ2v) is 8.61. The Balaban J connectivity index is 4.48. The molecule has 0 aromatic rings. The summed E-state index contributed by atoms with van der Waals surface area (Å²) in [6.07, 6.45) is 21.2. The second kappa shape index (κ2) is 15.0. The van der Waals surface area contributed by atoms with Gasteiger partial charge in [-0.15, -0.1) is 9.24 Å². The van der Waals surface area contributed by atoms with Crippen molar-refractivity contribution in [1.29, 1.82) is 0 Å². The van der Waals surface area contributed by atoms with Crippen molar-refractivity contribution in [1.82, 2.24) is 0 Å². The smallest absolute Gasteiger partial charge is 0.0122 e. The Morgan fingerprint density at radius 2 is 1.09 bits per heavy atom. The van der Waals surface area contributed by atoms with Gasteiger partial charge in [0.25, 0.3) is 0 Å². The van der Waals surface area contributed by atoms with Crippen molar-refractivity contribution in [2.45, 2.75) is 129 Å². The molecular formula is C21H45P. The van der Waals surface area contributed by atoms with Gasteiger partial charge in [-0.25, -0.2) is 0 Å². The quantitative estimate of drug-likeness (QED) is 0.198. The van der Waals surface area contributed by atoms with E-state index in [0.717, 1.165) is 5.92 Å². The molecule has 0 heterocycles. The van der Waals surface area contributed by atoms with Crippen LogP contribution in [0.15, 0.2) is 0 Å². The lowest BCUT2D eigenvalue weighted by molar-refractivity contribution is 0.285. The van der Waals surface area contributed by atoms with E-state index in [1.165, 1.54) is 96.3 Å². The summed E-state index contributed by atoms with van der Waals surface area (Å²) in [5.74, 6) is 0.923. The molecule has 2 atom stereocenters. The zero-order chi connectivity index (χ0) is 16.7. The van der Waals surface area contributed by atoms with Crippen LogP contribution < -0.4 is 0 Å². The number of unbranched alkanes of at least 4 members (excludes halogenated alkanes) is 8. The zero-order valence-electron chi connectivity index (χ0n) is 16.3. The zero-order valence-corrected chi connectivity index (χ0v) is 17.4. The van der Waals surface area contributed by atoms with Crippen LogP contribution in [0.1, 0.15) is 124 Å². The van der Waals surface area contributed by atoms with E-state index in [1.54, 1.807) is 0 Å². The maximum Gasteiger partial charge on any atom is -0.0122 e. The Hall–Kier alpha value is 0.430. The Kier molecular flexibility index (Phi) is 15.3. The fourth-order valence-electron chi connectivity index (χ4n) is 3.83. The van der Waals surface area contributed by atoms with Crippen LogP contribution in [0.4, 0.5) is 0 Å². The van der Waals surface area contributed by atoms with Crippen LogP contribution in [0.5, 0.6) is 0 Å². The molecule has 0 saturated heterocycles. The summed E-state index contributed by atoms with van der Waals surface area (Å²) in [4.78, 5) is 0. The summed E-state index contributed by atoms with van der Waals surface area (Å²) in [7, 11) is 3.36. The molecule has 0 aliphatic heterocycles. The van der Waals surface area contributed by atoms with Gasteiger partial charge in [0.15, 0.2) is 0 Å². The fourth-order valence-corrected chi connectivity index (χ4v) is 4.64. The summed E-state index contributed by atoms with van der Waals surface area (Å²) in [5.41, 5.74) is 0. The van der Waals surface area contributed by atoms with Gasteiger partial charge in [0, 0.05) is 0 Å². The molecule has 134 valence electrons. The minimum atomic E-state index is 0.532. The van der Waals surface area contributed by atoms with Gasteiger partial charge in [-0.2, -0.15) is 0 Å². The largest absolute Gasteiger partial charge is 0.131 e. The summed E-state index contributed by atoms with van der Waals surface area (Å²) in [5, 5.41) is 0.532. The van der Waals surface area contributed by atoms with E-state index in [9.17, 15) is 0 Å². The topological polar surface area (TPSA) is 0 Å². The molecule has 0 amide bonds. The average Bonchev–Trinajstić information content (AvgIpc) is 2.52. The first kappa shape index (κ1) is 22.4. The molecule has 0 radical (unpaired) electrons. The van der Waals surface area contributed by atoms with E-state index in [0.29, 0.717) is 5.16 Å². The normalized spacial score (nSPS) is 13.5. The average molecular weight is 329 g/mol. The third kappa shape index (κ3) is 10.3. The molecule has 0 spiro atoms. The molecule has 0 bridgehead atoms. The first-order valence-electron chi connectivity index (χ1n) is 10.4. The van der Waals surface area contributed by atoms with E-state index in [4.69, 9.17) is 0 Å². The van der Waals surface area contributed by atoms with Crippen LogP contribution in [-0.4, -0.2) is 5.16 Å². The molecule has 0 fully saturated rings. The SMILES string of the molecule is CCCCCCC(P)(CCCCCC)C(CC)CCCCC. The van der Waals surface area contributed by atoms with Crippen molar-refractivity contribution in [3.63, 3.8) is 0 Å². The lowest BCUT2D eigenvalue weighted by Gasteiger charge is -2.38. The molecule has 0 rings (SSSR count). The molecule has 0 saturated carbocycles. The monoisotopic (exact) mass is 328 g/mol. The van der Waals surface area contributed by atoms with E-state index >= 15 is 0 Å². The Morgan fingerprint density at radius 3 is 1.50 bits per heavy atom. The predicted molar refractivity (Wildman–Crippen MR) is 108 cm³/mol. The maximum atomic E-state index is 3.36. The molecule has 0 aliphatic carbocycles. The molecule has 0 nitrogen and oxygen atoms in total. The predicted octanol–water partition coefficient (Wildman–Crippen LogP) is 8.15. The fraction of sp³-hybridized carbons (Fsp3) is 1.00. The van der Waals surface area contributed by atoms with Gasteiger partial charge < -0.3 is 0 Å². The van der Waals surface area contributed by atoms with Crippen molar-refractivity contribution in [3.8, 4) is 0 Å². The van der Waals surface area contributed by atoms with Gasteiger partial charge in [-0.1, -0.05) is 105 Å².